The van der Waals surface area contributed by atoms with E-state index in [-0.39, 0.29) is 11.2 Å². The maximum Gasteiger partial charge on any atom is 0.243 e. The molecule has 1 aliphatic rings. The van der Waals surface area contributed by atoms with E-state index in [9.17, 15) is 4.79 Å². The molecule has 0 saturated carbocycles. The fourth-order valence-electron chi connectivity index (χ4n) is 2.15. The van der Waals surface area contributed by atoms with Crippen LogP contribution in [0.25, 0.3) is 11.3 Å². The zero-order chi connectivity index (χ0) is 13.6. The van der Waals surface area contributed by atoms with E-state index in [0.717, 1.165) is 16.8 Å². The molecule has 1 aromatic heterocycles. The number of carbonyl (C=O) groups excluding carboxylic acids is 1. The average molecular weight is 275 g/mol. The number of hydrogen-bond donors (Lipinski definition) is 1. The zero-order valence-corrected chi connectivity index (χ0v) is 11.2. The molecule has 0 bridgehead atoms. The fourth-order valence-corrected chi connectivity index (χ4v) is 2.29. The van der Waals surface area contributed by atoms with Gasteiger partial charge in [0.15, 0.2) is 0 Å². The smallest absolute Gasteiger partial charge is 0.243 e. The Morgan fingerprint density at radius 1 is 1.32 bits per heavy atom. The van der Waals surface area contributed by atoms with Crippen molar-refractivity contribution < 1.29 is 4.79 Å². The molecule has 1 amide bonds. The third-order valence-electron chi connectivity index (χ3n) is 3.34. The van der Waals surface area contributed by atoms with Crippen molar-refractivity contribution in [2.45, 2.75) is 19.3 Å². The van der Waals surface area contributed by atoms with E-state index in [2.05, 4.69) is 20.5 Å². The van der Waals surface area contributed by atoms with Gasteiger partial charge in [0, 0.05) is 11.3 Å². The van der Waals surface area contributed by atoms with Gasteiger partial charge in [0.2, 0.25) is 11.2 Å². The zero-order valence-electron chi connectivity index (χ0n) is 10.4. The lowest BCUT2D eigenvalue weighted by Crippen LogP contribution is -2.26. The molecule has 0 spiro atoms. The SMILES string of the molecule is CC1(C)C(=O)Nc2ccc(-c3cnnc(Cl)n3)cc21. The Bertz CT molecular complexity index is 684. The largest absolute Gasteiger partial charge is 0.325 e. The van der Waals surface area contributed by atoms with Crippen LogP contribution in [0.15, 0.2) is 24.4 Å². The lowest BCUT2D eigenvalue weighted by atomic mass is 9.85. The number of rotatable bonds is 1. The van der Waals surface area contributed by atoms with Gasteiger partial charge in [-0.2, -0.15) is 5.10 Å². The van der Waals surface area contributed by atoms with Crippen LogP contribution in [-0.4, -0.2) is 21.1 Å². The summed E-state index contributed by atoms with van der Waals surface area (Å²) in [6.07, 6.45) is 1.55. The quantitative estimate of drug-likeness (QED) is 0.867. The van der Waals surface area contributed by atoms with E-state index in [1.54, 1.807) is 6.20 Å². The van der Waals surface area contributed by atoms with E-state index in [4.69, 9.17) is 11.6 Å². The summed E-state index contributed by atoms with van der Waals surface area (Å²) in [5.41, 5.74) is 2.74. The summed E-state index contributed by atoms with van der Waals surface area (Å²) in [5.74, 6) is -0.00139. The number of carbonyl (C=O) groups is 1. The molecule has 0 fully saturated rings. The van der Waals surface area contributed by atoms with Crippen LogP contribution in [0.1, 0.15) is 19.4 Å². The number of nitrogens with zero attached hydrogens (tertiary/aromatic N) is 3. The van der Waals surface area contributed by atoms with E-state index >= 15 is 0 Å². The van der Waals surface area contributed by atoms with Crippen LogP contribution < -0.4 is 5.32 Å². The van der Waals surface area contributed by atoms with E-state index < -0.39 is 5.41 Å². The fraction of sp³-hybridized carbons (Fsp3) is 0.231. The number of anilines is 1. The van der Waals surface area contributed by atoms with Gasteiger partial charge >= 0.3 is 0 Å². The van der Waals surface area contributed by atoms with Gasteiger partial charge in [-0.25, -0.2) is 4.98 Å². The van der Waals surface area contributed by atoms with Crippen LogP contribution in [0.3, 0.4) is 0 Å². The van der Waals surface area contributed by atoms with Gasteiger partial charge in [0.05, 0.1) is 17.3 Å². The van der Waals surface area contributed by atoms with Crippen molar-refractivity contribution in [2.24, 2.45) is 0 Å². The average Bonchev–Trinajstić information content (AvgIpc) is 2.60. The van der Waals surface area contributed by atoms with Crippen LogP contribution in [0.5, 0.6) is 0 Å². The second-order valence-corrected chi connectivity index (χ2v) is 5.29. The van der Waals surface area contributed by atoms with Gasteiger partial charge in [-0.15, -0.1) is 5.10 Å². The lowest BCUT2D eigenvalue weighted by molar-refractivity contribution is -0.119. The number of amides is 1. The molecule has 1 N–H and O–H groups in total. The van der Waals surface area contributed by atoms with E-state index in [0.29, 0.717) is 5.69 Å². The molecule has 1 aliphatic heterocycles. The molecule has 96 valence electrons. The van der Waals surface area contributed by atoms with Crippen LogP contribution in [-0.2, 0) is 10.2 Å². The van der Waals surface area contributed by atoms with Crippen molar-refractivity contribution in [2.75, 3.05) is 5.32 Å². The monoisotopic (exact) mass is 274 g/mol. The summed E-state index contributed by atoms with van der Waals surface area (Å²) >= 11 is 5.74. The maximum absolute atomic E-state index is 11.9. The molecule has 0 unspecified atom stereocenters. The highest BCUT2D eigenvalue weighted by molar-refractivity contribution is 6.28. The number of hydrogen-bond acceptors (Lipinski definition) is 4. The Kier molecular flexibility index (Phi) is 2.53. The molecule has 0 radical (unpaired) electrons. The first kappa shape index (κ1) is 12.0. The summed E-state index contributed by atoms with van der Waals surface area (Å²) in [7, 11) is 0. The number of aromatic nitrogens is 3. The molecule has 5 nitrogen and oxygen atoms in total. The van der Waals surface area contributed by atoms with Crippen LogP contribution in [0.4, 0.5) is 5.69 Å². The third-order valence-corrected chi connectivity index (χ3v) is 3.50. The Hall–Kier alpha value is -2.01. The number of nitrogens with one attached hydrogen (secondary N) is 1. The molecule has 0 aliphatic carbocycles. The van der Waals surface area contributed by atoms with Gasteiger partial charge < -0.3 is 5.32 Å². The number of fused-ring (bicyclic) bond motifs is 1. The summed E-state index contributed by atoms with van der Waals surface area (Å²) < 4.78 is 0. The molecule has 0 atom stereocenters. The van der Waals surface area contributed by atoms with Gasteiger partial charge in [0.25, 0.3) is 0 Å². The first-order chi connectivity index (χ1) is 8.98. The van der Waals surface area contributed by atoms with Crippen LogP contribution in [0, 0.1) is 0 Å². The Balaban J connectivity index is 2.13. The molecule has 19 heavy (non-hydrogen) atoms. The first-order valence-electron chi connectivity index (χ1n) is 5.80. The van der Waals surface area contributed by atoms with Crippen LogP contribution >= 0.6 is 11.6 Å². The van der Waals surface area contributed by atoms with Gasteiger partial charge in [-0.05, 0) is 43.1 Å². The molecular weight excluding hydrogens is 264 g/mol. The van der Waals surface area contributed by atoms with Gasteiger partial charge in [-0.1, -0.05) is 6.07 Å². The minimum atomic E-state index is -0.546. The Morgan fingerprint density at radius 2 is 2.11 bits per heavy atom. The predicted octanol–water partition coefficient (Wildman–Crippen LogP) is 2.42. The highest BCUT2D eigenvalue weighted by atomic mass is 35.5. The summed E-state index contributed by atoms with van der Waals surface area (Å²) in [5, 5.41) is 10.4. The topological polar surface area (TPSA) is 67.8 Å². The predicted molar refractivity (Wildman–Crippen MR) is 71.9 cm³/mol. The van der Waals surface area contributed by atoms with E-state index in [1.165, 1.54) is 0 Å². The highest BCUT2D eigenvalue weighted by Gasteiger charge is 2.38. The second kappa shape index (κ2) is 3.99. The minimum absolute atomic E-state index is 0.00139. The number of halogens is 1. The molecule has 1 aromatic carbocycles. The van der Waals surface area contributed by atoms with Crippen molar-refractivity contribution >= 4 is 23.2 Å². The maximum atomic E-state index is 11.9. The van der Waals surface area contributed by atoms with Gasteiger partial charge in [-0.3, -0.25) is 4.79 Å². The van der Waals surface area contributed by atoms with Gasteiger partial charge in [0.1, 0.15) is 0 Å². The normalized spacial score (nSPS) is 16.1. The highest BCUT2D eigenvalue weighted by Crippen LogP contribution is 2.39. The van der Waals surface area contributed by atoms with Crippen molar-refractivity contribution in [1.29, 1.82) is 0 Å². The molecule has 3 rings (SSSR count). The summed E-state index contributed by atoms with van der Waals surface area (Å²) in [6, 6.07) is 5.68. The second-order valence-electron chi connectivity index (χ2n) is 4.95. The standard InChI is InChI=1S/C13H11ClN4O/c1-13(2)8-5-7(3-4-9(8)16-11(13)19)10-6-15-18-12(14)17-10/h3-6H,1-2H3,(H,16,19). The molecule has 2 heterocycles. The summed E-state index contributed by atoms with van der Waals surface area (Å²) in [4.78, 5) is 16.0. The minimum Gasteiger partial charge on any atom is -0.325 e. The van der Waals surface area contributed by atoms with Crippen LogP contribution in [0.2, 0.25) is 5.28 Å². The van der Waals surface area contributed by atoms with Crippen molar-refractivity contribution in [3.05, 3.63) is 35.2 Å². The van der Waals surface area contributed by atoms with E-state index in [1.807, 2.05) is 32.0 Å². The van der Waals surface area contributed by atoms with Crippen molar-refractivity contribution in [3.8, 4) is 11.3 Å². The van der Waals surface area contributed by atoms with Crippen molar-refractivity contribution in [3.63, 3.8) is 0 Å². The summed E-state index contributed by atoms with van der Waals surface area (Å²) in [6.45, 7) is 3.78. The molecule has 6 heteroatoms. The molecular formula is C13H11ClN4O. The first-order valence-corrected chi connectivity index (χ1v) is 6.18. The lowest BCUT2D eigenvalue weighted by Gasteiger charge is -2.15. The Morgan fingerprint density at radius 3 is 2.84 bits per heavy atom. The van der Waals surface area contributed by atoms with Crippen molar-refractivity contribution in [1.82, 2.24) is 15.2 Å². The molecule has 2 aromatic rings. The number of benzene rings is 1. The Labute approximate surface area is 115 Å². The third kappa shape index (κ3) is 1.86. The molecule has 0 saturated heterocycles.